The van der Waals surface area contributed by atoms with Crippen LogP contribution in [0.15, 0.2) is 42.6 Å². The Labute approximate surface area is 142 Å². The molecule has 1 aromatic heterocycles. The number of amides is 1. The maximum atomic E-state index is 12.7. The Balaban J connectivity index is 1.82. The van der Waals surface area contributed by atoms with E-state index < -0.39 is 0 Å². The Kier molecular flexibility index (Phi) is 5.05. The van der Waals surface area contributed by atoms with Crippen molar-refractivity contribution < 1.29 is 4.79 Å². The fourth-order valence-corrected chi connectivity index (χ4v) is 2.82. The van der Waals surface area contributed by atoms with Crippen molar-refractivity contribution in [3.05, 3.63) is 48.3 Å². The topological polar surface area (TPSA) is 52.6 Å². The zero-order chi connectivity index (χ0) is 16.9. The minimum atomic E-state index is -0.0177. The Bertz CT molecular complexity index is 683. The summed E-state index contributed by atoms with van der Waals surface area (Å²) in [6.07, 6.45) is 1.66. The lowest BCUT2D eigenvalue weighted by Crippen LogP contribution is -2.47. The number of likely N-dealkylation sites (N-methyl/N-ethyl adjacent to an activating group) is 1. The summed E-state index contributed by atoms with van der Waals surface area (Å²) in [4.78, 5) is 27.7. The van der Waals surface area contributed by atoms with E-state index in [1.807, 2.05) is 47.1 Å². The number of carbonyl (C=O) groups is 1. The van der Waals surface area contributed by atoms with Gasteiger partial charge < -0.3 is 14.7 Å². The van der Waals surface area contributed by atoms with Gasteiger partial charge in [-0.05, 0) is 32.2 Å². The van der Waals surface area contributed by atoms with Gasteiger partial charge >= 0.3 is 0 Å². The third-order valence-corrected chi connectivity index (χ3v) is 4.28. The smallest absolute Gasteiger partial charge is 0.272 e. The molecular weight excluding hydrogens is 302 g/mol. The first-order valence-electron chi connectivity index (χ1n) is 8.32. The molecule has 1 amide bonds. The number of rotatable bonds is 4. The normalized spacial score (nSPS) is 15.3. The number of hydrogen-bond donors (Lipinski definition) is 0. The molecule has 0 radical (unpaired) electrons. The second kappa shape index (κ2) is 7.40. The third-order valence-electron chi connectivity index (χ3n) is 4.28. The van der Waals surface area contributed by atoms with Crippen molar-refractivity contribution in [1.82, 2.24) is 19.8 Å². The highest BCUT2D eigenvalue weighted by atomic mass is 16.2. The molecule has 3 rings (SSSR count). The predicted molar refractivity (Wildman–Crippen MR) is 94.6 cm³/mol. The molecule has 0 saturated carbocycles. The third kappa shape index (κ3) is 3.54. The average Bonchev–Trinajstić information content (AvgIpc) is 2.64. The summed E-state index contributed by atoms with van der Waals surface area (Å²) in [6.45, 7) is 6.06. The molecule has 1 aromatic carbocycles. The van der Waals surface area contributed by atoms with Gasteiger partial charge in [0.15, 0.2) is 0 Å². The molecule has 1 saturated heterocycles. The largest absolute Gasteiger partial charge is 0.335 e. The van der Waals surface area contributed by atoms with E-state index in [4.69, 9.17) is 0 Å². The van der Waals surface area contributed by atoms with Crippen LogP contribution in [0.2, 0.25) is 0 Å². The fraction of sp³-hybridized carbons (Fsp3) is 0.389. The Morgan fingerprint density at radius 3 is 2.50 bits per heavy atom. The second-order valence-corrected chi connectivity index (χ2v) is 5.92. The van der Waals surface area contributed by atoms with Crippen LogP contribution in [0, 0.1) is 0 Å². The first-order chi connectivity index (χ1) is 11.7. The molecule has 1 aliphatic rings. The minimum Gasteiger partial charge on any atom is -0.335 e. The van der Waals surface area contributed by atoms with E-state index in [1.54, 1.807) is 12.3 Å². The molecule has 126 valence electrons. The summed E-state index contributed by atoms with van der Waals surface area (Å²) >= 11 is 0. The van der Waals surface area contributed by atoms with Crippen LogP contribution in [0.25, 0.3) is 0 Å². The Morgan fingerprint density at radius 1 is 1.12 bits per heavy atom. The van der Waals surface area contributed by atoms with Crippen molar-refractivity contribution in [3.63, 3.8) is 0 Å². The fourth-order valence-electron chi connectivity index (χ4n) is 2.82. The molecule has 1 aliphatic heterocycles. The first-order valence-corrected chi connectivity index (χ1v) is 8.32. The Hall–Kier alpha value is -2.47. The molecule has 2 aromatic rings. The number of para-hydroxylation sites is 1. The monoisotopic (exact) mass is 325 g/mol. The van der Waals surface area contributed by atoms with Gasteiger partial charge in [-0.3, -0.25) is 4.79 Å². The minimum absolute atomic E-state index is 0.0177. The van der Waals surface area contributed by atoms with Gasteiger partial charge in [0.05, 0.1) is 0 Å². The number of aromatic nitrogens is 2. The Morgan fingerprint density at radius 2 is 1.83 bits per heavy atom. The number of nitrogens with zero attached hydrogens (tertiary/aromatic N) is 5. The maximum absolute atomic E-state index is 12.7. The standard InChI is InChI=1S/C18H23N5O/c1-3-23(15-7-5-4-6-8-15)18-19-10-9-16(20-18)17(24)22-13-11-21(2)12-14-22/h4-10H,3,11-14H2,1-2H3. The van der Waals surface area contributed by atoms with E-state index in [-0.39, 0.29) is 5.91 Å². The van der Waals surface area contributed by atoms with Gasteiger partial charge in [-0.25, -0.2) is 9.97 Å². The van der Waals surface area contributed by atoms with Crippen LogP contribution in [-0.4, -0.2) is 65.4 Å². The number of anilines is 2. The van der Waals surface area contributed by atoms with Gasteiger partial charge in [0.1, 0.15) is 5.69 Å². The van der Waals surface area contributed by atoms with Gasteiger partial charge in [0.25, 0.3) is 5.91 Å². The van der Waals surface area contributed by atoms with Crippen molar-refractivity contribution in [3.8, 4) is 0 Å². The zero-order valence-corrected chi connectivity index (χ0v) is 14.2. The molecule has 1 fully saturated rings. The summed E-state index contributed by atoms with van der Waals surface area (Å²) in [5.41, 5.74) is 1.48. The van der Waals surface area contributed by atoms with Crippen LogP contribution in [-0.2, 0) is 0 Å². The van der Waals surface area contributed by atoms with Crippen LogP contribution in [0.1, 0.15) is 17.4 Å². The molecular formula is C18H23N5O. The van der Waals surface area contributed by atoms with E-state index >= 15 is 0 Å². The number of benzene rings is 1. The van der Waals surface area contributed by atoms with Crippen molar-refractivity contribution in [2.24, 2.45) is 0 Å². The molecule has 0 bridgehead atoms. The number of piperazine rings is 1. The second-order valence-electron chi connectivity index (χ2n) is 5.92. The lowest BCUT2D eigenvalue weighted by atomic mass is 10.2. The SMILES string of the molecule is CCN(c1ccccc1)c1nccc(C(=O)N2CCN(C)CC2)n1. The van der Waals surface area contributed by atoms with Crippen molar-refractivity contribution in [2.75, 3.05) is 44.7 Å². The van der Waals surface area contributed by atoms with Crippen molar-refractivity contribution >= 4 is 17.5 Å². The maximum Gasteiger partial charge on any atom is 0.272 e. The highest BCUT2D eigenvalue weighted by Crippen LogP contribution is 2.21. The van der Waals surface area contributed by atoms with Gasteiger partial charge in [-0.2, -0.15) is 0 Å². The summed E-state index contributed by atoms with van der Waals surface area (Å²) in [5, 5.41) is 0. The van der Waals surface area contributed by atoms with Gasteiger partial charge in [0.2, 0.25) is 5.95 Å². The van der Waals surface area contributed by atoms with Crippen molar-refractivity contribution in [2.45, 2.75) is 6.92 Å². The molecule has 6 nitrogen and oxygen atoms in total. The molecule has 2 heterocycles. The summed E-state index contributed by atoms with van der Waals surface area (Å²) in [6, 6.07) is 11.7. The zero-order valence-electron chi connectivity index (χ0n) is 14.2. The highest BCUT2D eigenvalue weighted by Gasteiger charge is 2.22. The van der Waals surface area contributed by atoms with E-state index in [2.05, 4.69) is 21.9 Å². The van der Waals surface area contributed by atoms with Crippen LogP contribution < -0.4 is 4.90 Å². The number of carbonyl (C=O) groups excluding carboxylic acids is 1. The lowest BCUT2D eigenvalue weighted by molar-refractivity contribution is 0.0658. The van der Waals surface area contributed by atoms with Gasteiger partial charge in [-0.15, -0.1) is 0 Å². The molecule has 0 spiro atoms. The molecule has 0 unspecified atom stereocenters. The van der Waals surface area contributed by atoms with Crippen LogP contribution in [0.4, 0.5) is 11.6 Å². The summed E-state index contributed by atoms with van der Waals surface area (Å²) < 4.78 is 0. The number of hydrogen-bond acceptors (Lipinski definition) is 5. The lowest BCUT2D eigenvalue weighted by Gasteiger charge is -2.32. The van der Waals surface area contributed by atoms with Gasteiger partial charge in [-0.1, -0.05) is 18.2 Å². The van der Waals surface area contributed by atoms with E-state index in [1.165, 1.54) is 0 Å². The van der Waals surface area contributed by atoms with Crippen LogP contribution >= 0.6 is 0 Å². The van der Waals surface area contributed by atoms with Gasteiger partial charge in [0, 0.05) is 44.6 Å². The average molecular weight is 325 g/mol. The van der Waals surface area contributed by atoms with E-state index in [0.29, 0.717) is 11.6 Å². The predicted octanol–water partition coefficient (Wildman–Crippen LogP) is 2.02. The van der Waals surface area contributed by atoms with Crippen LogP contribution in [0.3, 0.4) is 0 Å². The molecule has 0 atom stereocenters. The molecule has 24 heavy (non-hydrogen) atoms. The highest BCUT2D eigenvalue weighted by molar-refractivity contribution is 5.92. The van der Waals surface area contributed by atoms with E-state index in [0.717, 1.165) is 38.4 Å². The molecule has 0 aliphatic carbocycles. The summed E-state index contributed by atoms with van der Waals surface area (Å²) in [5.74, 6) is 0.541. The van der Waals surface area contributed by atoms with Crippen molar-refractivity contribution in [1.29, 1.82) is 0 Å². The van der Waals surface area contributed by atoms with E-state index in [9.17, 15) is 4.79 Å². The summed E-state index contributed by atoms with van der Waals surface area (Å²) in [7, 11) is 2.07. The molecule has 6 heteroatoms. The first kappa shape index (κ1) is 16.4. The quantitative estimate of drug-likeness (QED) is 0.861. The molecule has 0 N–H and O–H groups in total. The van der Waals surface area contributed by atoms with Crippen LogP contribution in [0.5, 0.6) is 0 Å².